The minimum Gasteiger partial charge on any atom is -0.356 e. The Morgan fingerprint density at radius 1 is 0.414 bits per heavy atom. The molecule has 0 spiro atoms. The summed E-state index contributed by atoms with van der Waals surface area (Å²) in [4.78, 5) is 0. The highest BCUT2D eigenvalue weighted by molar-refractivity contribution is 6.30. The smallest absolute Gasteiger partial charge is 0.109 e. The Balaban J connectivity index is 1.77. The molecular weight excluding hydrogens is 399 g/mol. The van der Waals surface area contributed by atoms with Crippen molar-refractivity contribution in [3.8, 4) is 0 Å². The summed E-state index contributed by atoms with van der Waals surface area (Å²) in [6.45, 7) is 0. The zero-order valence-corrected chi connectivity index (χ0v) is 17.2. The summed E-state index contributed by atoms with van der Waals surface area (Å²) in [6.07, 6.45) is -0.483. The molecule has 0 radical (unpaired) electrons. The van der Waals surface area contributed by atoms with Gasteiger partial charge in [-0.1, -0.05) is 108 Å². The van der Waals surface area contributed by atoms with Crippen LogP contribution in [0.1, 0.15) is 34.5 Å². The largest absolute Gasteiger partial charge is 0.356 e. The van der Waals surface area contributed by atoms with Gasteiger partial charge >= 0.3 is 0 Å². The topological polar surface area (TPSA) is 9.23 Å². The number of benzene rings is 4. The summed E-state index contributed by atoms with van der Waals surface area (Å²) in [7, 11) is 0. The minimum absolute atomic E-state index is 0.241. The van der Waals surface area contributed by atoms with Gasteiger partial charge in [-0.25, -0.2) is 0 Å². The van der Waals surface area contributed by atoms with Crippen LogP contribution in [-0.2, 0) is 4.74 Å². The lowest BCUT2D eigenvalue weighted by Gasteiger charge is -2.27. The molecule has 0 fully saturated rings. The lowest BCUT2D eigenvalue weighted by atomic mass is 9.98. The Labute approximate surface area is 181 Å². The van der Waals surface area contributed by atoms with Gasteiger partial charge in [0.15, 0.2) is 0 Å². The molecule has 4 aromatic rings. The highest BCUT2D eigenvalue weighted by Gasteiger charge is 2.23. The molecule has 2 atom stereocenters. The quantitative estimate of drug-likeness (QED) is 0.309. The van der Waals surface area contributed by atoms with Crippen molar-refractivity contribution >= 4 is 23.2 Å². The molecule has 0 N–H and O–H groups in total. The monoisotopic (exact) mass is 418 g/mol. The molecule has 4 aromatic carbocycles. The van der Waals surface area contributed by atoms with Crippen LogP contribution in [0.15, 0.2) is 109 Å². The number of hydrogen-bond donors (Lipinski definition) is 0. The standard InChI is InChI=1S/C26H20Cl2O/c27-23-15-11-21(12-16-23)25(19-7-3-1-4-8-19)29-26(20-9-5-2-6-10-20)22-13-17-24(28)18-14-22/h1-18,25-26H. The van der Waals surface area contributed by atoms with Crippen LogP contribution in [0, 0.1) is 0 Å². The summed E-state index contributed by atoms with van der Waals surface area (Å²) < 4.78 is 6.79. The fraction of sp³-hybridized carbons (Fsp3) is 0.0769. The minimum atomic E-state index is -0.241. The van der Waals surface area contributed by atoms with Gasteiger partial charge in [-0.15, -0.1) is 0 Å². The van der Waals surface area contributed by atoms with E-state index in [1.54, 1.807) is 0 Å². The van der Waals surface area contributed by atoms with Gasteiger partial charge in [-0.05, 0) is 46.5 Å². The molecule has 29 heavy (non-hydrogen) atoms. The molecule has 0 amide bonds. The fourth-order valence-electron chi connectivity index (χ4n) is 3.37. The molecule has 0 heterocycles. The number of ether oxygens (including phenoxy) is 1. The zero-order chi connectivity index (χ0) is 20.1. The first-order valence-corrected chi connectivity index (χ1v) is 10.2. The average molecular weight is 419 g/mol. The van der Waals surface area contributed by atoms with E-state index in [-0.39, 0.29) is 12.2 Å². The molecule has 2 unspecified atom stereocenters. The Bertz CT molecular complexity index is 943. The van der Waals surface area contributed by atoms with Crippen LogP contribution in [0.25, 0.3) is 0 Å². The lowest BCUT2D eigenvalue weighted by Crippen LogP contribution is -2.13. The molecular formula is C26H20Cl2O. The van der Waals surface area contributed by atoms with E-state index in [0.29, 0.717) is 10.0 Å². The predicted octanol–water partition coefficient (Wildman–Crippen LogP) is 7.89. The fourth-order valence-corrected chi connectivity index (χ4v) is 3.62. The maximum absolute atomic E-state index is 6.79. The molecule has 0 aromatic heterocycles. The van der Waals surface area contributed by atoms with Crippen LogP contribution in [0.5, 0.6) is 0 Å². The molecule has 0 aliphatic carbocycles. The SMILES string of the molecule is Clc1ccc(C(OC(c2ccccc2)c2ccc(Cl)cc2)c2ccccc2)cc1. The second-order valence-corrected chi connectivity index (χ2v) is 7.69. The number of rotatable bonds is 6. The Morgan fingerprint density at radius 2 is 0.724 bits per heavy atom. The van der Waals surface area contributed by atoms with Crippen LogP contribution in [0.4, 0.5) is 0 Å². The first-order chi connectivity index (χ1) is 14.2. The summed E-state index contributed by atoms with van der Waals surface area (Å²) in [6, 6.07) is 36.1. The third-order valence-electron chi connectivity index (χ3n) is 4.82. The maximum atomic E-state index is 6.79. The van der Waals surface area contributed by atoms with Crippen molar-refractivity contribution in [3.63, 3.8) is 0 Å². The summed E-state index contributed by atoms with van der Waals surface area (Å²) in [5.74, 6) is 0. The van der Waals surface area contributed by atoms with E-state index in [2.05, 4.69) is 24.3 Å². The molecule has 3 heteroatoms. The van der Waals surface area contributed by atoms with Gasteiger partial charge in [0.1, 0.15) is 12.2 Å². The van der Waals surface area contributed by atoms with Crippen molar-refractivity contribution in [2.45, 2.75) is 12.2 Å². The normalized spacial score (nSPS) is 13.0. The van der Waals surface area contributed by atoms with Crippen LogP contribution in [-0.4, -0.2) is 0 Å². The number of halogens is 2. The van der Waals surface area contributed by atoms with Crippen molar-refractivity contribution in [1.82, 2.24) is 0 Å². The summed E-state index contributed by atoms with van der Waals surface area (Å²) in [5, 5.41) is 1.41. The highest BCUT2D eigenvalue weighted by Crippen LogP contribution is 2.36. The molecule has 0 aliphatic rings. The van der Waals surface area contributed by atoms with Crippen molar-refractivity contribution in [2.75, 3.05) is 0 Å². The van der Waals surface area contributed by atoms with E-state index in [4.69, 9.17) is 27.9 Å². The van der Waals surface area contributed by atoms with E-state index >= 15 is 0 Å². The molecule has 0 saturated carbocycles. The average Bonchev–Trinajstić information content (AvgIpc) is 2.77. The predicted molar refractivity (Wildman–Crippen MR) is 121 cm³/mol. The molecule has 0 bridgehead atoms. The van der Waals surface area contributed by atoms with Crippen LogP contribution < -0.4 is 0 Å². The zero-order valence-electron chi connectivity index (χ0n) is 15.7. The third-order valence-corrected chi connectivity index (χ3v) is 5.33. The van der Waals surface area contributed by atoms with Crippen molar-refractivity contribution in [1.29, 1.82) is 0 Å². The first kappa shape index (κ1) is 19.7. The Morgan fingerprint density at radius 3 is 1.07 bits per heavy atom. The second kappa shape index (κ2) is 9.28. The lowest BCUT2D eigenvalue weighted by molar-refractivity contribution is 0.0308. The van der Waals surface area contributed by atoms with E-state index in [9.17, 15) is 0 Å². The van der Waals surface area contributed by atoms with Crippen LogP contribution >= 0.6 is 23.2 Å². The summed E-state index contributed by atoms with van der Waals surface area (Å²) >= 11 is 12.2. The summed E-state index contributed by atoms with van der Waals surface area (Å²) in [5.41, 5.74) is 4.28. The molecule has 0 aliphatic heterocycles. The molecule has 144 valence electrons. The van der Waals surface area contributed by atoms with Gasteiger partial charge in [-0.3, -0.25) is 0 Å². The van der Waals surface area contributed by atoms with Gasteiger partial charge in [0, 0.05) is 10.0 Å². The Kier molecular flexibility index (Phi) is 6.31. The van der Waals surface area contributed by atoms with E-state index in [1.807, 2.05) is 84.9 Å². The van der Waals surface area contributed by atoms with E-state index in [1.165, 1.54) is 0 Å². The first-order valence-electron chi connectivity index (χ1n) is 9.47. The number of hydrogen-bond acceptors (Lipinski definition) is 1. The van der Waals surface area contributed by atoms with Gasteiger partial charge in [0.05, 0.1) is 0 Å². The molecule has 0 saturated heterocycles. The van der Waals surface area contributed by atoms with Crippen molar-refractivity contribution in [3.05, 3.63) is 141 Å². The molecule has 1 nitrogen and oxygen atoms in total. The Hall–Kier alpha value is -2.58. The van der Waals surface area contributed by atoms with Crippen molar-refractivity contribution < 1.29 is 4.74 Å². The highest BCUT2D eigenvalue weighted by atomic mass is 35.5. The van der Waals surface area contributed by atoms with Gasteiger partial charge < -0.3 is 4.74 Å². The third kappa shape index (κ3) is 4.89. The maximum Gasteiger partial charge on any atom is 0.109 e. The second-order valence-electron chi connectivity index (χ2n) is 6.82. The van der Waals surface area contributed by atoms with Crippen LogP contribution in [0.2, 0.25) is 10.0 Å². The van der Waals surface area contributed by atoms with E-state index < -0.39 is 0 Å². The van der Waals surface area contributed by atoms with Gasteiger partial charge in [0.25, 0.3) is 0 Å². The molecule has 4 rings (SSSR count). The van der Waals surface area contributed by atoms with Gasteiger partial charge in [-0.2, -0.15) is 0 Å². The van der Waals surface area contributed by atoms with Crippen LogP contribution in [0.3, 0.4) is 0 Å². The van der Waals surface area contributed by atoms with Gasteiger partial charge in [0.2, 0.25) is 0 Å². The van der Waals surface area contributed by atoms with E-state index in [0.717, 1.165) is 22.3 Å². The van der Waals surface area contributed by atoms with Crippen molar-refractivity contribution in [2.24, 2.45) is 0 Å².